The van der Waals surface area contributed by atoms with E-state index in [2.05, 4.69) is 13.0 Å². The summed E-state index contributed by atoms with van der Waals surface area (Å²) in [7, 11) is 0. The predicted molar refractivity (Wildman–Crippen MR) is 53.5 cm³/mol. The standard InChI is InChI=1S/C12H18O/c1-2-12-8-4-3-5-10(12)6-7-11(13)9-12/h5H,2-4,6-9H2,1H3/t12-/m1/s1. The van der Waals surface area contributed by atoms with E-state index in [-0.39, 0.29) is 0 Å². The molecule has 0 bridgehead atoms. The van der Waals surface area contributed by atoms with Crippen LogP contribution in [0.15, 0.2) is 11.6 Å². The van der Waals surface area contributed by atoms with Crippen LogP contribution in [0.4, 0.5) is 0 Å². The van der Waals surface area contributed by atoms with Crippen LogP contribution in [-0.2, 0) is 4.79 Å². The zero-order valence-corrected chi connectivity index (χ0v) is 8.44. The van der Waals surface area contributed by atoms with Crippen LogP contribution < -0.4 is 0 Å². The van der Waals surface area contributed by atoms with Gasteiger partial charge in [0.1, 0.15) is 5.78 Å². The van der Waals surface area contributed by atoms with Crippen LogP contribution in [0, 0.1) is 5.41 Å². The zero-order chi connectivity index (χ0) is 9.31. The Morgan fingerprint density at radius 2 is 2.31 bits per heavy atom. The smallest absolute Gasteiger partial charge is 0.134 e. The number of rotatable bonds is 1. The van der Waals surface area contributed by atoms with E-state index in [9.17, 15) is 4.79 Å². The van der Waals surface area contributed by atoms with E-state index < -0.39 is 0 Å². The van der Waals surface area contributed by atoms with Crippen LogP contribution in [-0.4, -0.2) is 5.78 Å². The molecule has 0 aromatic rings. The second-order valence-corrected chi connectivity index (χ2v) is 4.47. The fourth-order valence-corrected chi connectivity index (χ4v) is 2.93. The highest BCUT2D eigenvalue weighted by atomic mass is 16.1. The summed E-state index contributed by atoms with van der Waals surface area (Å²) >= 11 is 0. The molecule has 1 saturated carbocycles. The lowest BCUT2D eigenvalue weighted by Crippen LogP contribution is -2.32. The predicted octanol–water partition coefficient (Wildman–Crippen LogP) is 3.25. The highest BCUT2D eigenvalue weighted by molar-refractivity contribution is 5.81. The highest BCUT2D eigenvalue weighted by Gasteiger charge is 2.38. The third kappa shape index (κ3) is 1.45. The van der Waals surface area contributed by atoms with Gasteiger partial charge in [-0.2, -0.15) is 0 Å². The molecule has 2 aliphatic carbocycles. The van der Waals surface area contributed by atoms with Crippen molar-refractivity contribution in [1.82, 2.24) is 0 Å². The number of fused-ring (bicyclic) bond motifs is 1. The Bertz CT molecular complexity index is 252. The van der Waals surface area contributed by atoms with Gasteiger partial charge >= 0.3 is 0 Å². The summed E-state index contributed by atoms with van der Waals surface area (Å²) in [5.74, 6) is 0.487. The van der Waals surface area contributed by atoms with Gasteiger partial charge in [0.25, 0.3) is 0 Å². The molecule has 1 atom stereocenters. The van der Waals surface area contributed by atoms with Gasteiger partial charge in [-0.3, -0.25) is 4.79 Å². The maximum absolute atomic E-state index is 11.5. The van der Waals surface area contributed by atoms with Gasteiger partial charge in [0, 0.05) is 12.8 Å². The summed E-state index contributed by atoms with van der Waals surface area (Å²) in [5.41, 5.74) is 1.90. The van der Waals surface area contributed by atoms with Crippen LogP contribution in [0.5, 0.6) is 0 Å². The molecule has 0 aromatic heterocycles. The summed E-state index contributed by atoms with van der Waals surface area (Å²) in [6.45, 7) is 2.23. The Morgan fingerprint density at radius 3 is 3.08 bits per heavy atom. The molecule has 0 aromatic carbocycles. The molecule has 0 unspecified atom stereocenters. The summed E-state index contributed by atoms with van der Waals surface area (Å²) in [5, 5.41) is 0. The summed E-state index contributed by atoms with van der Waals surface area (Å²) < 4.78 is 0. The van der Waals surface area contributed by atoms with Gasteiger partial charge in [-0.25, -0.2) is 0 Å². The van der Waals surface area contributed by atoms with E-state index in [0.29, 0.717) is 11.2 Å². The molecule has 13 heavy (non-hydrogen) atoms. The Kier molecular flexibility index (Phi) is 2.27. The summed E-state index contributed by atoms with van der Waals surface area (Å²) in [6, 6.07) is 0. The number of hydrogen-bond donors (Lipinski definition) is 0. The minimum atomic E-state index is 0.299. The lowest BCUT2D eigenvalue weighted by Gasteiger charge is -2.41. The molecule has 2 aliphatic rings. The molecule has 1 nitrogen and oxygen atoms in total. The van der Waals surface area contributed by atoms with Crippen molar-refractivity contribution >= 4 is 5.78 Å². The molecule has 0 N–H and O–H groups in total. The van der Waals surface area contributed by atoms with Crippen molar-refractivity contribution in [3.8, 4) is 0 Å². The molecule has 2 rings (SSSR count). The Hall–Kier alpha value is -0.590. The molecule has 1 heteroatoms. The van der Waals surface area contributed by atoms with E-state index >= 15 is 0 Å². The maximum Gasteiger partial charge on any atom is 0.134 e. The molecule has 0 radical (unpaired) electrons. The van der Waals surface area contributed by atoms with Crippen molar-refractivity contribution < 1.29 is 4.79 Å². The number of Topliss-reactive ketones (excluding diaryl/α,β-unsaturated/α-hetero) is 1. The number of ketones is 1. The molecule has 0 spiro atoms. The highest BCUT2D eigenvalue weighted by Crippen LogP contribution is 2.48. The molecule has 0 heterocycles. The molecule has 0 saturated heterocycles. The third-order valence-electron chi connectivity index (χ3n) is 3.82. The second kappa shape index (κ2) is 3.28. The van der Waals surface area contributed by atoms with Crippen LogP contribution >= 0.6 is 0 Å². The first kappa shape index (κ1) is 8.98. The van der Waals surface area contributed by atoms with Gasteiger partial charge in [0.15, 0.2) is 0 Å². The quantitative estimate of drug-likeness (QED) is 0.563. The van der Waals surface area contributed by atoms with E-state index in [1.165, 1.54) is 19.3 Å². The zero-order valence-electron chi connectivity index (χ0n) is 8.44. The molecule has 1 fully saturated rings. The molecule has 0 aliphatic heterocycles. The van der Waals surface area contributed by atoms with Crippen LogP contribution in [0.1, 0.15) is 51.9 Å². The SMILES string of the molecule is CC[C@]12CCCC=C1CCC(=O)C2. The van der Waals surface area contributed by atoms with E-state index in [1.807, 2.05) is 0 Å². The number of allylic oxidation sites excluding steroid dienone is 2. The Labute approximate surface area is 80.2 Å². The van der Waals surface area contributed by atoms with Gasteiger partial charge < -0.3 is 0 Å². The van der Waals surface area contributed by atoms with Gasteiger partial charge in [0.05, 0.1) is 0 Å². The summed E-state index contributed by atoms with van der Waals surface area (Å²) in [6.07, 6.45) is 10.0. The molecule has 72 valence electrons. The second-order valence-electron chi connectivity index (χ2n) is 4.47. The van der Waals surface area contributed by atoms with Crippen molar-refractivity contribution in [3.63, 3.8) is 0 Å². The van der Waals surface area contributed by atoms with E-state index in [1.54, 1.807) is 5.57 Å². The first-order valence-electron chi connectivity index (χ1n) is 5.48. The van der Waals surface area contributed by atoms with Crippen molar-refractivity contribution in [2.24, 2.45) is 5.41 Å². The Balaban J connectivity index is 2.28. The number of carbonyl (C=O) groups excluding carboxylic acids is 1. The topological polar surface area (TPSA) is 17.1 Å². The van der Waals surface area contributed by atoms with E-state index in [4.69, 9.17) is 0 Å². The van der Waals surface area contributed by atoms with Gasteiger partial charge in [-0.1, -0.05) is 18.6 Å². The van der Waals surface area contributed by atoms with Crippen molar-refractivity contribution in [2.75, 3.05) is 0 Å². The fourth-order valence-electron chi connectivity index (χ4n) is 2.93. The van der Waals surface area contributed by atoms with Crippen molar-refractivity contribution in [2.45, 2.75) is 51.9 Å². The molecule has 0 amide bonds. The van der Waals surface area contributed by atoms with Crippen molar-refractivity contribution in [3.05, 3.63) is 11.6 Å². The number of carbonyl (C=O) groups is 1. The summed E-state index contributed by atoms with van der Waals surface area (Å²) in [4.78, 5) is 11.5. The average Bonchev–Trinajstić information content (AvgIpc) is 2.17. The molecular formula is C12H18O. The average molecular weight is 178 g/mol. The third-order valence-corrected chi connectivity index (χ3v) is 3.82. The fraction of sp³-hybridized carbons (Fsp3) is 0.750. The van der Waals surface area contributed by atoms with Gasteiger partial charge in [-0.05, 0) is 37.5 Å². The lowest BCUT2D eigenvalue weighted by atomic mass is 9.63. The Morgan fingerprint density at radius 1 is 1.46 bits per heavy atom. The van der Waals surface area contributed by atoms with Crippen LogP contribution in [0.25, 0.3) is 0 Å². The van der Waals surface area contributed by atoms with Gasteiger partial charge in [-0.15, -0.1) is 0 Å². The number of hydrogen-bond acceptors (Lipinski definition) is 1. The first-order chi connectivity index (χ1) is 6.27. The van der Waals surface area contributed by atoms with E-state index in [0.717, 1.165) is 25.7 Å². The normalized spacial score (nSPS) is 33.9. The maximum atomic E-state index is 11.5. The molecular weight excluding hydrogens is 160 g/mol. The lowest BCUT2D eigenvalue weighted by molar-refractivity contribution is -0.122. The minimum Gasteiger partial charge on any atom is -0.300 e. The van der Waals surface area contributed by atoms with Crippen LogP contribution in [0.2, 0.25) is 0 Å². The largest absolute Gasteiger partial charge is 0.300 e. The van der Waals surface area contributed by atoms with Crippen molar-refractivity contribution in [1.29, 1.82) is 0 Å². The van der Waals surface area contributed by atoms with Gasteiger partial charge in [0.2, 0.25) is 0 Å². The van der Waals surface area contributed by atoms with Crippen LogP contribution in [0.3, 0.4) is 0 Å². The minimum absolute atomic E-state index is 0.299. The monoisotopic (exact) mass is 178 g/mol. The first-order valence-corrected chi connectivity index (χ1v) is 5.48.